The molecule has 0 spiro atoms. The van der Waals surface area contributed by atoms with Crippen LogP contribution in [0.4, 0.5) is 13.2 Å². The first-order valence-electron chi connectivity index (χ1n) is 3.58. The molecule has 0 radical (unpaired) electrons. The van der Waals surface area contributed by atoms with Gasteiger partial charge in [-0.05, 0) is 0 Å². The van der Waals surface area contributed by atoms with Crippen molar-refractivity contribution < 1.29 is 33.2 Å². The number of hydrogen-bond donors (Lipinski definition) is 3. The number of aliphatic hydroxyl groups excluding tert-OH is 3. The Balaban J connectivity index is 2.72. The molecule has 1 aliphatic rings. The van der Waals surface area contributed by atoms with Crippen molar-refractivity contribution in [1.82, 2.24) is 0 Å². The number of rotatable bonds is 0. The first-order valence-corrected chi connectivity index (χ1v) is 3.58. The van der Waals surface area contributed by atoms with Crippen molar-refractivity contribution in [3.8, 4) is 0 Å². The van der Waals surface area contributed by atoms with Crippen molar-refractivity contribution in [2.24, 2.45) is 0 Å². The lowest BCUT2D eigenvalue weighted by molar-refractivity contribution is -0.320. The van der Waals surface area contributed by atoms with E-state index in [-0.39, 0.29) is 0 Å². The molecule has 1 aliphatic heterocycles. The normalized spacial score (nSPS) is 42.0. The molecule has 0 aromatic rings. The van der Waals surface area contributed by atoms with Crippen LogP contribution in [-0.2, 0) is 4.74 Å². The smallest absolute Gasteiger partial charge is 0.390 e. The standard InChI is InChI=1S/C6H9F3O4/c7-6(8,9)5-4(12)2(10)1-3(11)13-5/h2-5,10-12H,1H2/t2-,3-,4+,5+/m0/s1. The molecule has 1 saturated heterocycles. The summed E-state index contributed by atoms with van der Waals surface area (Å²) < 4.78 is 40.1. The van der Waals surface area contributed by atoms with Crippen molar-refractivity contribution in [3.05, 3.63) is 0 Å². The van der Waals surface area contributed by atoms with Crippen LogP contribution < -0.4 is 0 Å². The summed E-state index contributed by atoms with van der Waals surface area (Å²) in [5.74, 6) is 0. The fraction of sp³-hybridized carbons (Fsp3) is 1.00. The predicted octanol–water partition coefficient (Wildman–Crippen LogP) is -0.622. The molecular weight excluding hydrogens is 193 g/mol. The van der Waals surface area contributed by atoms with Gasteiger partial charge in [0.2, 0.25) is 0 Å². The Morgan fingerprint density at radius 1 is 1.15 bits per heavy atom. The summed E-state index contributed by atoms with van der Waals surface area (Å²) in [7, 11) is 0. The van der Waals surface area contributed by atoms with Gasteiger partial charge in [0.05, 0.1) is 6.10 Å². The van der Waals surface area contributed by atoms with E-state index in [4.69, 9.17) is 15.3 Å². The molecule has 78 valence electrons. The first kappa shape index (κ1) is 10.7. The minimum atomic E-state index is -4.79. The van der Waals surface area contributed by atoms with E-state index >= 15 is 0 Å². The van der Waals surface area contributed by atoms with Gasteiger partial charge in [0, 0.05) is 6.42 Å². The molecule has 0 amide bonds. The summed E-state index contributed by atoms with van der Waals surface area (Å²) in [6, 6.07) is 0. The molecule has 13 heavy (non-hydrogen) atoms. The lowest BCUT2D eigenvalue weighted by Crippen LogP contribution is -2.54. The zero-order valence-corrected chi connectivity index (χ0v) is 6.40. The van der Waals surface area contributed by atoms with Crippen LogP contribution in [0.5, 0.6) is 0 Å². The molecule has 7 heteroatoms. The molecule has 4 atom stereocenters. The van der Waals surface area contributed by atoms with Crippen LogP contribution in [0, 0.1) is 0 Å². The summed E-state index contributed by atoms with van der Waals surface area (Å²) in [6.07, 6.45) is -13.1. The second kappa shape index (κ2) is 3.41. The molecule has 0 aromatic carbocycles. The highest BCUT2D eigenvalue weighted by Crippen LogP contribution is 2.31. The molecule has 0 bridgehead atoms. The van der Waals surface area contributed by atoms with Crippen LogP contribution >= 0.6 is 0 Å². The lowest BCUT2D eigenvalue weighted by Gasteiger charge is -2.35. The van der Waals surface area contributed by atoms with E-state index in [0.29, 0.717) is 0 Å². The molecule has 0 unspecified atom stereocenters. The van der Waals surface area contributed by atoms with Crippen LogP contribution in [0.15, 0.2) is 0 Å². The van der Waals surface area contributed by atoms with Crippen LogP contribution in [-0.4, -0.2) is 46.1 Å². The third-order valence-corrected chi connectivity index (χ3v) is 1.77. The maximum absolute atomic E-state index is 12.0. The topological polar surface area (TPSA) is 69.9 Å². The van der Waals surface area contributed by atoms with Crippen molar-refractivity contribution in [2.75, 3.05) is 0 Å². The lowest BCUT2D eigenvalue weighted by atomic mass is 10.0. The van der Waals surface area contributed by atoms with E-state index in [0.717, 1.165) is 0 Å². The van der Waals surface area contributed by atoms with Crippen LogP contribution in [0.3, 0.4) is 0 Å². The highest BCUT2D eigenvalue weighted by molar-refractivity contribution is 4.86. The minimum Gasteiger partial charge on any atom is -0.390 e. The van der Waals surface area contributed by atoms with E-state index in [9.17, 15) is 13.2 Å². The maximum atomic E-state index is 12.0. The summed E-state index contributed by atoms with van der Waals surface area (Å²) >= 11 is 0. The average Bonchev–Trinajstić information content (AvgIpc) is 1.94. The van der Waals surface area contributed by atoms with E-state index in [1.54, 1.807) is 0 Å². The van der Waals surface area contributed by atoms with Gasteiger partial charge in [0.25, 0.3) is 0 Å². The third-order valence-electron chi connectivity index (χ3n) is 1.77. The number of ether oxygens (including phenoxy) is 1. The molecule has 0 saturated carbocycles. The van der Waals surface area contributed by atoms with E-state index < -0.39 is 37.2 Å². The monoisotopic (exact) mass is 202 g/mol. The summed E-state index contributed by atoms with van der Waals surface area (Å²) in [6.45, 7) is 0. The molecular formula is C6H9F3O4. The largest absolute Gasteiger partial charge is 0.417 e. The Hall–Kier alpha value is -0.370. The SMILES string of the molecule is O[C@H]1[C@H](C(F)(F)F)O[C@H](O)C[C@@H]1O. The second-order valence-electron chi connectivity index (χ2n) is 2.85. The predicted molar refractivity (Wildman–Crippen MR) is 33.6 cm³/mol. The van der Waals surface area contributed by atoms with Crippen LogP contribution in [0.2, 0.25) is 0 Å². The van der Waals surface area contributed by atoms with Gasteiger partial charge in [-0.25, -0.2) is 0 Å². The average molecular weight is 202 g/mol. The molecule has 0 aromatic heterocycles. The van der Waals surface area contributed by atoms with Gasteiger partial charge in [-0.1, -0.05) is 0 Å². The van der Waals surface area contributed by atoms with Gasteiger partial charge < -0.3 is 20.1 Å². The van der Waals surface area contributed by atoms with Crippen molar-refractivity contribution in [2.45, 2.75) is 37.2 Å². The highest BCUT2D eigenvalue weighted by atomic mass is 19.4. The quantitative estimate of drug-likeness (QED) is 0.489. The number of alkyl halides is 3. The van der Waals surface area contributed by atoms with E-state index in [1.165, 1.54) is 0 Å². The summed E-state index contributed by atoms with van der Waals surface area (Å²) in [5.41, 5.74) is 0. The summed E-state index contributed by atoms with van der Waals surface area (Å²) in [5, 5.41) is 26.5. The summed E-state index contributed by atoms with van der Waals surface area (Å²) in [4.78, 5) is 0. The molecule has 4 nitrogen and oxygen atoms in total. The molecule has 3 N–H and O–H groups in total. The van der Waals surface area contributed by atoms with Gasteiger partial charge in [-0.2, -0.15) is 13.2 Å². The number of halogens is 3. The molecule has 1 rings (SSSR count). The maximum Gasteiger partial charge on any atom is 0.417 e. The Morgan fingerprint density at radius 2 is 1.69 bits per heavy atom. The Morgan fingerprint density at radius 3 is 2.15 bits per heavy atom. The fourth-order valence-corrected chi connectivity index (χ4v) is 1.12. The van der Waals surface area contributed by atoms with Gasteiger partial charge in [0.1, 0.15) is 6.10 Å². The fourth-order valence-electron chi connectivity index (χ4n) is 1.12. The highest BCUT2D eigenvalue weighted by Gasteiger charge is 2.51. The second-order valence-corrected chi connectivity index (χ2v) is 2.85. The van der Waals surface area contributed by atoms with Crippen molar-refractivity contribution >= 4 is 0 Å². The van der Waals surface area contributed by atoms with E-state index in [1.807, 2.05) is 0 Å². The van der Waals surface area contributed by atoms with Crippen molar-refractivity contribution in [3.63, 3.8) is 0 Å². The zero-order chi connectivity index (χ0) is 10.2. The third kappa shape index (κ3) is 2.31. The van der Waals surface area contributed by atoms with Crippen molar-refractivity contribution in [1.29, 1.82) is 0 Å². The van der Waals surface area contributed by atoms with E-state index in [2.05, 4.69) is 4.74 Å². The molecule has 1 fully saturated rings. The zero-order valence-electron chi connectivity index (χ0n) is 6.40. The number of hydrogen-bond acceptors (Lipinski definition) is 4. The van der Waals surface area contributed by atoms with Crippen LogP contribution in [0.25, 0.3) is 0 Å². The van der Waals surface area contributed by atoms with Crippen LogP contribution in [0.1, 0.15) is 6.42 Å². The number of aliphatic hydroxyl groups is 3. The Bertz CT molecular complexity index is 183. The molecule has 0 aliphatic carbocycles. The van der Waals surface area contributed by atoms with Gasteiger partial charge in [-0.15, -0.1) is 0 Å². The first-order chi connectivity index (χ1) is 5.82. The van der Waals surface area contributed by atoms with Gasteiger partial charge in [0.15, 0.2) is 12.4 Å². The van der Waals surface area contributed by atoms with Gasteiger partial charge >= 0.3 is 6.18 Å². The van der Waals surface area contributed by atoms with Gasteiger partial charge in [-0.3, -0.25) is 0 Å². The minimum absolute atomic E-state index is 0.423. The Kier molecular flexibility index (Phi) is 2.81. The molecule has 1 heterocycles. The Labute approximate surface area is 71.6 Å².